The summed E-state index contributed by atoms with van der Waals surface area (Å²) in [4.78, 5) is 23.2. The van der Waals surface area contributed by atoms with E-state index >= 15 is 0 Å². The maximum atomic E-state index is 12.3. The van der Waals surface area contributed by atoms with Crippen molar-refractivity contribution in [2.75, 3.05) is 11.9 Å². The number of nitrogens with one attached hydrogen (secondary N) is 2. The van der Waals surface area contributed by atoms with Crippen LogP contribution >= 0.6 is 0 Å². The van der Waals surface area contributed by atoms with Crippen molar-refractivity contribution in [3.05, 3.63) is 29.8 Å². The number of rotatable bonds is 5. The van der Waals surface area contributed by atoms with Gasteiger partial charge in [-0.3, -0.25) is 9.59 Å². The number of para-hydroxylation sites is 1. The van der Waals surface area contributed by atoms with Gasteiger partial charge in [0.15, 0.2) is 0 Å². The SMILES string of the molecule is O=C(O)CC1(CNC(=O)C2Cc3ccccc3N2)CCC1. The molecule has 1 fully saturated rings. The Labute approximate surface area is 123 Å². The van der Waals surface area contributed by atoms with Crippen molar-refractivity contribution in [1.82, 2.24) is 5.32 Å². The average molecular weight is 288 g/mol. The third-order valence-corrected chi connectivity index (χ3v) is 4.67. The Morgan fingerprint density at radius 3 is 2.71 bits per heavy atom. The minimum Gasteiger partial charge on any atom is -0.481 e. The average Bonchev–Trinajstić information content (AvgIpc) is 2.84. The van der Waals surface area contributed by atoms with E-state index < -0.39 is 5.97 Å². The summed E-state index contributed by atoms with van der Waals surface area (Å²) < 4.78 is 0. The van der Waals surface area contributed by atoms with Crippen molar-refractivity contribution >= 4 is 17.6 Å². The second kappa shape index (κ2) is 5.39. The van der Waals surface area contributed by atoms with E-state index in [0.717, 1.165) is 30.5 Å². The van der Waals surface area contributed by atoms with E-state index in [1.165, 1.54) is 0 Å². The number of carbonyl (C=O) groups excluding carboxylic acids is 1. The second-order valence-corrected chi connectivity index (χ2v) is 6.20. The van der Waals surface area contributed by atoms with E-state index in [2.05, 4.69) is 10.6 Å². The summed E-state index contributed by atoms with van der Waals surface area (Å²) in [7, 11) is 0. The molecule has 0 aromatic heterocycles. The van der Waals surface area contributed by atoms with E-state index in [1.54, 1.807) is 0 Å². The van der Waals surface area contributed by atoms with Gasteiger partial charge in [-0.05, 0) is 29.9 Å². The van der Waals surface area contributed by atoms with Gasteiger partial charge in [0.25, 0.3) is 0 Å². The molecule has 21 heavy (non-hydrogen) atoms. The molecule has 0 saturated heterocycles. The molecule has 2 aliphatic rings. The van der Waals surface area contributed by atoms with E-state index in [-0.39, 0.29) is 23.8 Å². The van der Waals surface area contributed by atoms with Crippen LogP contribution in [0.1, 0.15) is 31.2 Å². The standard InChI is InChI=1S/C16H20N2O3/c19-14(20)9-16(6-3-7-16)10-17-15(21)13-8-11-4-1-2-5-12(11)18-13/h1-2,4-5,13,18H,3,6-10H2,(H,17,21)(H,19,20). The highest BCUT2D eigenvalue weighted by Crippen LogP contribution is 2.43. The van der Waals surface area contributed by atoms with Crippen molar-refractivity contribution < 1.29 is 14.7 Å². The van der Waals surface area contributed by atoms with E-state index in [0.29, 0.717) is 13.0 Å². The van der Waals surface area contributed by atoms with Crippen molar-refractivity contribution in [2.24, 2.45) is 5.41 Å². The third kappa shape index (κ3) is 2.86. The minimum atomic E-state index is -0.782. The summed E-state index contributed by atoms with van der Waals surface area (Å²) >= 11 is 0. The van der Waals surface area contributed by atoms with Gasteiger partial charge >= 0.3 is 5.97 Å². The van der Waals surface area contributed by atoms with Crippen molar-refractivity contribution in [1.29, 1.82) is 0 Å². The topological polar surface area (TPSA) is 78.4 Å². The zero-order valence-electron chi connectivity index (χ0n) is 11.9. The molecule has 1 amide bonds. The number of hydrogen-bond acceptors (Lipinski definition) is 3. The van der Waals surface area contributed by atoms with Crippen LogP contribution in [0.5, 0.6) is 0 Å². The first-order chi connectivity index (χ1) is 10.1. The molecule has 3 rings (SSSR count). The van der Waals surface area contributed by atoms with Crippen LogP contribution in [0.15, 0.2) is 24.3 Å². The number of hydrogen-bond donors (Lipinski definition) is 3. The summed E-state index contributed by atoms with van der Waals surface area (Å²) in [6, 6.07) is 7.66. The molecule has 1 saturated carbocycles. The second-order valence-electron chi connectivity index (χ2n) is 6.20. The molecule has 1 aromatic carbocycles. The molecule has 1 aromatic rings. The molecule has 112 valence electrons. The van der Waals surface area contributed by atoms with Crippen molar-refractivity contribution in [3.8, 4) is 0 Å². The summed E-state index contributed by atoms with van der Waals surface area (Å²) in [5.74, 6) is -0.821. The first-order valence-electron chi connectivity index (χ1n) is 7.42. The molecule has 1 aliphatic carbocycles. The fourth-order valence-corrected chi connectivity index (χ4v) is 3.27. The maximum Gasteiger partial charge on any atom is 0.303 e. The Balaban J connectivity index is 1.55. The van der Waals surface area contributed by atoms with Crippen LogP contribution in [-0.4, -0.2) is 29.6 Å². The predicted octanol–water partition coefficient (Wildman–Crippen LogP) is 1.78. The molecule has 1 unspecified atom stereocenters. The third-order valence-electron chi connectivity index (χ3n) is 4.67. The Morgan fingerprint density at radius 2 is 2.10 bits per heavy atom. The Bertz CT molecular complexity index is 541. The highest BCUT2D eigenvalue weighted by molar-refractivity contribution is 5.87. The Hall–Kier alpha value is -2.04. The zero-order chi connectivity index (χ0) is 14.9. The van der Waals surface area contributed by atoms with Gasteiger partial charge in [0.05, 0.1) is 6.42 Å². The maximum absolute atomic E-state index is 12.3. The normalized spacial score (nSPS) is 21.8. The molecule has 3 N–H and O–H groups in total. The van der Waals surface area contributed by atoms with Gasteiger partial charge in [0.2, 0.25) is 5.91 Å². The van der Waals surface area contributed by atoms with Gasteiger partial charge in [-0.2, -0.15) is 0 Å². The molecule has 1 aliphatic heterocycles. The first-order valence-corrected chi connectivity index (χ1v) is 7.42. The number of benzene rings is 1. The van der Waals surface area contributed by atoms with Crippen LogP contribution in [0.2, 0.25) is 0 Å². The van der Waals surface area contributed by atoms with E-state index in [4.69, 9.17) is 5.11 Å². The van der Waals surface area contributed by atoms with Crippen molar-refractivity contribution in [3.63, 3.8) is 0 Å². The van der Waals surface area contributed by atoms with Crippen LogP contribution in [0, 0.1) is 5.41 Å². The number of carbonyl (C=O) groups is 2. The largest absolute Gasteiger partial charge is 0.481 e. The Morgan fingerprint density at radius 1 is 1.33 bits per heavy atom. The van der Waals surface area contributed by atoms with E-state index in [1.807, 2.05) is 24.3 Å². The van der Waals surface area contributed by atoms with Gasteiger partial charge < -0.3 is 15.7 Å². The molecular weight excluding hydrogens is 268 g/mol. The lowest BCUT2D eigenvalue weighted by Crippen LogP contribution is -2.47. The molecule has 0 radical (unpaired) electrons. The molecule has 5 heteroatoms. The van der Waals surface area contributed by atoms with E-state index in [9.17, 15) is 9.59 Å². The molecule has 0 spiro atoms. The quantitative estimate of drug-likeness (QED) is 0.772. The molecular formula is C16H20N2O3. The zero-order valence-corrected chi connectivity index (χ0v) is 11.9. The highest BCUT2D eigenvalue weighted by Gasteiger charge is 2.39. The van der Waals surface area contributed by atoms with Gasteiger partial charge in [-0.1, -0.05) is 24.6 Å². The van der Waals surface area contributed by atoms with Crippen LogP contribution in [0.25, 0.3) is 0 Å². The van der Waals surface area contributed by atoms with Gasteiger partial charge in [-0.15, -0.1) is 0 Å². The van der Waals surface area contributed by atoms with Gasteiger partial charge in [0, 0.05) is 18.7 Å². The predicted molar refractivity (Wildman–Crippen MR) is 79.1 cm³/mol. The van der Waals surface area contributed by atoms with Crippen LogP contribution < -0.4 is 10.6 Å². The number of fused-ring (bicyclic) bond motifs is 1. The van der Waals surface area contributed by atoms with Gasteiger partial charge in [-0.25, -0.2) is 0 Å². The highest BCUT2D eigenvalue weighted by atomic mass is 16.4. The number of aliphatic carboxylic acids is 1. The summed E-state index contributed by atoms with van der Waals surface area (Å²) in [5.41, 5.74) is 1.94. The lowest BCUT2D eigenvalue weighted by molar-refractivity contribution is -0.141. The fourth-order valence-electron chi connectivity index (χ4n) is 3.27. The number of carboxylic acid groups (broad SMARTS) is 1. The van der Waals surface area contributed by atoms with Crippen molar-refractivity contribution in [2.45, 2.75) is 38.1 Å². The lowest BCUT2D eigenvalue weighted by Gasteiger charge is -2.41. The summed E-state index contributed by atoms with van der Waals surface area (Å²) in [6.45, 7) is 0.465. The first kappa shape index (κ1) is 13.9. The smallest absolute Gasteiger partial charge is 0.303 e. The van der Waals surface area contributed by atoms with Gasteiger partial charge in [0.1, 0.15) is 6.04 Å². The molecule has 1 heterocycles. The number of carboxylic acids is 1. The Kier molecular flexibility index (Phi) is 3.57. The number of anilines is 1. The fraction of sp³-hybridized carbons (Fsp3) is 0.500. The molecule has 5 nitrogen and oxygen atoms in total. The number of amides is 1. The van der Waals surface area contributed by atoms with Crippen LogP contribution in [0.3, 0.4) is 0 Å². The van der Waals surface area contributed by atoms with Crippen LogP contribution in [0.4, 0.5) is 5.69 Å². The summed E-state index contributed by atoms with van der Waals surface area (Å²) in [6.07, 6.45) is 3.66. The molecule has 1 atom stereocenters. The minimum absolute atomic E-state index is 0.0390. The van der Waals surface area contributed by atoms with Crippen LogP contribution in [-0.2, 0) is 16.0 Å². The lowest BCUT2D eigenvalue weighted by atomic mass is 9.66. The molecule has 0 bridgehead atoms. The summed E-state index contributed by atoms with van der Waals surface area (Å²) in [5, 5.41) is 15.1. The monoisotopic (exact) mass is 288 g/mol.